The van der Waals surface area contributed by atoms with Crippen molar-refractivity contribution in [2.24, 2.45) is 0 Å². The van der Waals surface area contributed by atoms with Crippen molar-refractivity contribution >= 4 is 17.7 Å². The summed E-state index contributed by atoms with van der Waals surface area (Å²) in [4.78, 5) is 4.54. The molecule has 0 saturated carbocycles. The number of imidazole rings is 1. The van der Waals surface area contributed by atoms with Gasteiger partial charge >= 0.3 is 0 Å². The minimum Gasteiger partial charge on any atom is -0.354 e. The molecule has 4 heteroatoms. The molecule has 17 heavy (non-hydrogen) atoms. The van der Waals surface area contributed by atoms with E-state index in [1.54, 1.807) is 0 Å². The molecule has 0 fully saturated rings. The second-order valence-corrected chi connectivity index (χ2v) is 6.58. The zero-order valence-corrected chi connectivity index (χ0v) is 12.5. The summed E-state index contributed by atoms with van der Waals surface area (Å²) in [5.74, 6) is 1.01. The first-order valence-corrected chi connectivity index (χ1v) is 7.54. The van der Waals surface area contributed by atoms with Crippen LogP contribution in [0.5, 0.6) is 0 Å². The summed E-state index contributed by atoms with van der Waals surface area (Å²) in [6, 6.07) is 0. The molecule has 1 aromatic heterocycles. The minimum atomic E-state index is 0.245. The van der Waals surface area contributed by atoms with E-state index < -0.39 is 0 Å². The number of aryl methyl sites for hydroxylation is 2. The highest BCUT2D eigenvalue weighted by Gasteiger charge is 2.16. The van der Waals surface area contributed by atoms with Crippen LogP contribution in [0.2, 0.25) is 0 Å². The van der Waals surface area contributed by atoms with Crippen LogP contribution in [0.15, 0.2) is 6.20 Å². The van der Waals surface area contributed by atoms with Gasteiger partial charge in [-0.2, -0.15) is 11.8 Å². The number of unbranched alkanes of at least 4 members (excludes halogenated alkanes) is 1. The molecular formula is C13H25N3S. The summed E-state index contributed by atoms with van der Waals surface area (Å²) in [6.07, 6.45) is 6.70. The van der Waals surface area contributed by atoms with Crippen LogP contribution in [0.3, 0.4) is 0 Å². The maximum atomic E-state index is 4.54. The van der Waals surface area contributed by atoms with E-state index >= 15 is 0 Å². The highest BCUT2D eigenvalue weighted by atomic mass is 32.2. The lowest BCUT2D eigenvalue weighted by Crippen LogP contribution is -2.27. The minimum absolute atomic E-state index is 0.245. The van der Waals surface area contributed by atoms with Gasteiger partial charge in [0.2, 0.25) is 5.95 Å². The fourth-order valence-corrected chi connectivity index (χ4v) is 1.77. The lowest BCUT2D eigenvalue weighted by molar-refractivity contribution is 0.630. The van der Waals surface area contributed by atoms with Gasteiger partial charge in [0.15, 0.2) is 0 Å². The van der Waals surface area contributed by atoms with Crippen molar-refractivity contribution in [2.45, 2.75) is 51.8 Å². The fraction of sp³-hybridized carbons (Fsp3) is 0.769. The summed E-state index contributed by atoms with van der Waals surface area (Å²) >= 11 is 1.88. The van der Waals surface area contributed by atoms with Crippen LogP contribution >= 0.6 is 11.8 Å². The Hall–Kier alpha value is -0.640. The normalized spacial score (nSPS) is 11.8. The number of hydrogen-bond donors (Lipinski definition) is 1. The van der Waals surface area contributed by atoms with E-state index in [2.05, 4.69) is 48.1 Å². The van der Waals surface area contributed by atoms with E-state index in [0.29, 0.717) is 0 Å². The highest BCUT2D eigenvalue weighted by molar-refractivity contribution is 7.99. The van der Waals surface area contributed by atoms with E-state index in [9.17, 15) is 0 Å². The molecule has 3 nitrogen and oxygen atoms in total. The fourth-order valence-electron chi connectivity index (χ4n) is 1.55. The van der Waals surface area contributed by atoms with Gasteiger partial charge in [0, 0.05) is 24.0 Å². The third-order valence-corrected chi connectivity index (χ3v) is 4.12. The quantitative estimate of drug-likeness (QED) is 0.808. The maximum absolute atomic E-state index is 4.54. The van der Waals surface area contributed by atoms with Crippen LogP contribution in [0.25, 0.3) is 0 Å². The van der Waals surface area contributed by atoms with Crippen molar-refractivity contribution in [3.8, 4) is 0 Å². The smallest absolute Gasteiger partial charge is 0.203 e. The van der Waals surface area contributed by atoms with Gasteiger partial charge in [-0.15, -0.1) is 0 Å². The van der Waals surface area contributed by atoms with Crippen molar-refractivity contribution in [1.82, 2.24) is 9.55 Å². The molecule has 0 spiro atoms. The Morgan fingerprint density at radius 2 is 2.18 bits per heavy atom. The van der Waals surface area contributed by atoms with Crippen LogP contribution in [0.1, 0.15) is 39.3 Å². The predicted octanol–water partition coefficient (Wildman–Crippen LogP) is 3.55. The summed E-state index contributed by atoms with van der Waals surface area (Å²) in [5.41, 5.74) is 1.09. The van der Waals surface area contributed by atoms with Gasteiger partial charge in [0.1, 0.15) is 0 Å². The SMILES string of the molecule is CCCCn1cc(C)nc1NCC(C)(C)SC. The molecule has 0 unspecified atom stereocenters. The van der Waals surface area contributed by atoms with E-state index in [0.717, 1.165) is 24.7 Å². The molecule has 0 bridgehead atoms. The molecule has 1 aromatic rings. The number of rotatable bonds is 7. The summed E-state index contributed by atoms with van der Waals surface area (Å²) in [7, 11) is 0. The molecular weight excluding hydrogens is 230 g/mol. The predicted molar refractivity (Wildman–Crippen MR) is 78.0 cm³/mol. The number of anilines is 1. The Bertz CT molecular complexity index is 344. The number of aromatic nitrogens is 2. The van der Waals surface area contributed by atoms with Gasteiger partial charge in [0.05, 0.1) is 5.69 Å². The molecule has 0 aliphatic heterocycles. The molecule has 0 atom stereocenters. The number of hydrogen-bond acceptors (Lipinski definition) is 3. The number of nitrogens with one attached hydrogen (secondary N) is 1. The molecule has 1 N–H and O–H groups in total. The lowest BCUT2D eigenvalue weighted by atomic mass is 10.2. The molecule has 0 aliphatic carbocycles. The molecule has 0 radical (unpaired) electrons. The number of thioether (sulfide) groups is 1. The third kappa shape index (κ3) is 4.62. The zero-order chi connectivity index (χ0) is 12.9. The Kier molecular flexibility index (Phi) is 5.37. The Morgan fingerprint density at radius 1 is 1.47 bits per heavy atom. The topological polar surface area (TPSA) is 29.9 Å². The molecule has 0 aromatic carbocycles. The summed E-state index contributed by atoms with van der Waals surface area (Å²) < 4.78 is 2.48. The third-order valence-electron chi connectivity index (χ3n) is 2.87. The average Bonchev–Trinajstić information content (AvgIpc) is 2.64. The van der Waals surface area contributed by atoms with E-state index in [1.165, 1.54) is 12.8 Å². The van der Waals surface area contributed by atoms with Crippen molar-refractivity contribution in [2.75, 3.05) is 18.1 Å². The highest BCUT2D eigenvalue weighted by Crippen LogP contribution is 2.21. The Morgan fingerprint density at radius 3 is 2.76 bits per heavy atom. The molecule has 1 heterocycles. The number of nitrogens with zero attached hydrogens (tertiary/aromatic N) is 2. The monoisotopic (exact) mass is 255 g/mol. The van der Waals surface area contributed by atoms with Crippen LogP contribution in [0.4, 0.5) is 5.95 Å². The summed E-state index contributed by atoms with van der Waals surface area (Å²) in [5, 5.41) is 3.47. The second-order valence-electron chi connectivity index (χ2n) is 5.07. The van der Waals surface area contributed by atoms with Gasteiger partial charge in [0.25, 0.3) is 0 Å². The first-order chi connectivity index (χ1) is 7.98. The average molecular weight is 255 g/mol. The molecule has 0 aliphatic rings. The standard InChI is InChI=1S/C13H25N3S/c1-6-7-8-16-9-11(2)15-12(16)14-10-13(3,4)17-5/h9H,6-8,10H2,1-5H3,(H,14,15). The van der Waals surface area contributed by atoms with Gasteiger partial charge in [-0.05, 0) is 33.4 Å². The Labute approximate surface area is 109 Å². The van der Waals surface area contributed by atoms with Crippen LogP contribution in [-0.4, -0.2) is 27.1 Å². The van der Waals surface area contributed by atoms with Crippen LogP contribution < -0.4 is 5.32 Å². The van der Waals surface area contributed by atoms with Crippen molar-refractivity contribution in [3.63, 3.8) is 0 Å². The van der Waals surface area contributed by atoms with Gasteiger partial charge in [-0.25, -0.2) is 4.98 Å². The van der Waals surface area contributed by atoms with E-state index in [4.69, 9.17) is 0 Å². The van der Waals surface area contributed by atoms with Crippen LogP contribution in [-0.2, 0) is 6.54 Å². The van der Waals surface area contributed by atoms with Crippen LogP contribution in [0, 0.1) is 6.92 Å². The van der Waals surface area contributed by atoms with Gasteiger partial charge in [-0.3, -0.25) is 0 Å². The van der Waals surface area contributed by atoms with Crippen molar-refractivity contribution in [1.29, 1.82) is 0 Å². The Balaban J connectivity index is 2.63. The molecule has 0 amide bonds. The molecule has 0 saturated heterocycles. The molecule has 98 valence electrons. The molecule has 1 rings (SSSR count). The first-order valence-electron chi connectivity index (χ1n) is 6.31. The van der Waals surface area contributed by atoms with Crippen molar-refractivity contribution in [3.05, 3.63) is 11.9 Å². The van der Waals surface area contributed by atoms with Crippen molar-refractivity contribution < 1.29 is 0 Å². The zero-order valence-electron chi connectivity index (χ0n) is 11.7. The largest absolute Gasteiger partial charge is 0.354 e. The lowest BCUT2D eigenvalue weighted by Gasteiger charge is -2.22. The van der Waals surface area contributed by atoms with Gasteiger partial charge in [-0.1, -0.05) is 13.3 Å². The first kappa shape index (κ1) is 14.4. The van der Waals surface area contributed by atoms with E-state index in [-0.39, 0.29) is 4.75 Å². The van der Waals surface area contributed by atoms with Gasteiger partial charge < -0.3 is 9.88 Å². The summed E-state index contributed by atoms with van der Waals surface area (Å²) in [6.45, 7) is 10.8. The van der Waals surface area contributed by atoms with E-state index in [1.807, 2.05) is 18.7 Å². The maximum Gasteiger partial charge on any atom is 0.203 e. The second kappa shape index (κ2) is 6.34.